The van der Waals surface area contributed by atoms with Gasteiger partial charge in [0.05, 0.1) is 0 Å². The number of halogens is 2. The summed E-state index contributed by atoms with van der Waals surface area (Å²) in [5.74, 6) is -2.18. The zero-order chi connectivity index (χ0) is 18.1. The van der Waals surface area contributed by atoms with E-state index in [1.807, 2.05) is 36.4 Å². The van der Waals surface area contributed by atoms with Gasteiger partial charge in [-0.15, -0.1) is 0 Å². The van der Waals surface area contributed by atoms with Crippen LogP contribution in [0.3, 0.4) is 0 Å². The summed E-state index contributed by atoms with van der Waals surface area (Å²) in [5.41, 5.74) is 2.10. The minimum Gasteiger partial charge on any atom is -0.525 e. The molecule has 0 unspecified atom stereocenters. The molecule has 0 aliphatic heterocycles. The van der Waals surface area contributed by atoms with Crippen molar-refractivity contribution < 1.29 is 49.5 Å². The molecule has 0 aliphatic carbocycles. The Kier molecular flexibility index (Phi) is 9.77. The molecule has 2 aromatic carbocycles. The number of rotatable bonds is 10. The molecule has 0 saturated heterocycles. The fourth-order valence-electron chi connectivity index (χ4n) is 2.09. The zero-order valence-electron chi connectivity index (χ0n) is 14.1. The number of aliphatic hydroxyl groups is 2. The molecule has 0 aromatic heterocycles. The van der Waals surface area contributed by atoms with Crippen LogP contribution in [0.25, 0.3) is 0 Å². The first-order valence-electron chi connectivity index (χ1n) is 7.87. The van der Waals surface area contributed by atoms with Gasteiger partial charge in [-0.2, -0.15) is 0 Å². The summed E-state index contributed by atoms with van der Waals surface area (Å²) in [5, 5.41) is 17.2. The van der Waals surface area contributed by atoms with E-state index >= 15 is 0 Å². The van der Waals surface area contributed by atoms with E-state index in [0.717, 1.165) is 16.9 Å². The average Bonchev–Trinajstić information content (AvgIpc) is 2.63. The van der Waals surface area contributed by atoms with Crippen molar-refractivity contribution in [1.82, 2.24) is 0 Å². The molecule has 4 nitrogen and oxygen atoms in total. The predicted octanol–water partition coefficient (Wildman–Crippen LogP) is 2.86. The quantitative estimate of drug-likeness (QED) is 0.363. The van der Waals surface area contributed by atoms with Crippen LogP contribution in [0.5, 0.6) is 11.5 Å². The summed E-state index contributed by atoms with van der Waals surface area (Å²) >= 11 is 0. The van der Waals surface area contributed by atoms with Crippen LogP contribution >= 0.6 is 0 Å². The van der Waals surface area contributed by atoms with Crippen molar-refractivity contribution in [2.75, 3.05) is 26.4 Å². The zero-order valence-corrected chi connectivity index (χ0v) is 17.0. The Morgan fingerprint density at radius 1 is 0.846 bits per heavy atom. The van der Waals surface area contributed by atoms with Gasteiger partial charge >= 0.3 is 5.92 Å². The topological polar surface area (TPSA) is 58.9 Å². The van der Waals surface area contributed by atoms with Gasteiger partial charge in [-0.3, -0.25) is 6.42 Å². The van der Waals surface area contributed by atoms with Crippen molar-refractivity contribution in [2.45, 2.75) is 12.3 Å². The number of ether oxygens (including phenoxy) is 2. The van der Waals surface area contributed by atoms with Crippen LogP contribution in [0.1, 0.15) is 11.1 Å². The molecule has 2 N–H and O–H groups in total. The van der Waals surface area contributed by atoms with Crippen molar-refractivity contribution in [3.05, 3.63) is 66.1 Å². The number of aliphatic hydroxyl groups excluding tert-OH is 2. The SMILES string of the molecule is OC[CH-]COc1ccc(Cc2ccc(OCC(F)(F)CO)cc2)cc1.[W]. The maximum atomic E-state index is 12.9. The minimum atomic E-state index is -3.24. The third-order valence-electron chi connectivity index (χ3n) is 3.43. The molecule has 7 heteroatoms. The molecule has 0 amide bonds. The molecule has 26 heavy (non-hydrogen) atoms. The van der Waals surface area contributed by atoms with Gasteiger partial charge in [0.2, 0.25) is 0 Å². The van der Waals surface area contributed by atoms with Crippen molar-refractivity contribution in [2.24, 2.45) is 0 Å². The Balaban J connectivity index is 0.00000338. The Bertz CT molecular complexity index is 633. The van der Waals surface area contributed by atoms with Gasteiger partial charge in [0.1, 0.15) is 18.1 Å². The molecule has 0 atom stereocenters. The van der Waals surface area contributed by atoms with Crippen LogP contribution in [0.4, 0.5) is 8.78 Å². The normalized spacial score (nSPS) is 10.9. The average molecular weight is 535 g/mol. The first-order valence-corrected chi connectivity index (χ1v) is 7.87. The molecule has 0 bridgehead atoms. The van der Waals surface area contributed by atoms with Crippen LogP contribution in [-0.2, 0) is 27.5 Å². The molecule has 0 fully saturated rings. The Morgan fingerprint density at radius 2 is 1.35 bits per heavy atom. The summed E-state index contributed by atoms with van der Waals surface area (Å²) in [4.78, 5) is 0. The van der Waals surface area contributed by atoms with Crippen molar-refractivity contribution >= 4 is 0 Å². The number of hydrogen-bond acceptors (Lipinski definition) is 4. The third-order valence-corrected chi connectivity index (χ3v) is 3.43. The molecule has 0 spiro atoms. The molecule has 0 saturated carbocycles. The van der Waals surface area contributed by atoms with Gasteiger partial charge < -0.3 is 19.7 Å². The van der Waals surface area contributed by atoms with E-state index in [2.05, 4.69) is 0 Å². The Hall–Kier alpha value is -1.49. The molecular formula is C19H21F2O4W-. The molecule has 0 heterocycles. The van der Waals surface area contributed by atoms with Crippen molar-refractivity contribution in [1.29, 1.82) is 0 Å². The second-order valence-corrected chi connectivity index (χ2v) is 5.55. The summed E-state index contributed by atoms with van der Waals surface area (Å²) in [6.07, 6.45) is 2.31. The second-order valence-electron chi connectivity index (χ2n) is 5.55. The first kappa shape index (κ1) is 22.5. The van der Waals surface area contributed by atoms with E-state index in [1.54, 1.807) is 18.6 Å². The minimum absolute atomic E-state index is 0. The summed E-state index contributed by atoms with van der Waals surface area (Å²) in [6, 6.07) is 14.5. The van der Waals surface area contributed by atoms with Gasteiger partial charge in [-0.1, -0.05) is 30.9 Å². The smallest absolute Gasteiger partial charge is 0.303 e. The Morgan fingerprint density at radius 3 is 1.81 bits per heavy atom. The molecule has 2 rings (SSSR count). The van der Waals surface area contributed by atoms with Crippen LogP contribution < -0.4 is 9.47 Å². The van der Waals surface area contributed by atoms with Crippen LogP contribution in [-0.4, -0.2) is 42.6 Å². The van der Waals surface area contributed by atoms with E-state index in [-0.39, 0.29) is 27.7 Å². The maximum absolute atomic E-state index is 12.9. The maximum Gasteiger partial charge on any atom is 0.303 e. The van der Waals surface area contributed by atoms with E-state index in [4.69, 9.17) is 19.7 Å². The van der Waals surface area contributed by atoms with E-state index < -0.39 is 19.1 Å². The van der Waals surface area contributed by atoms with Gasteiger partial charge in [0.25, 0.3) is 0 Å². The fourth-order valence-corrected chi connectivity index (χ4v) is 2.09. The second kappa shape index (κ2) is 11.3. The van der Waals surface area contributed by atoms with Gasteiger partial charge in [-0.25, -0.2) is 8.78 Å². The van der Waals surface area contributed by atoms with Crippen molar-refractivity contribution in [3.63, 3.8) is 0 Å². The standard InChI is InChI=1S/C19H21F2O4.W/c20-19(21,13-23)14-25-18-8-4-16(5-9-18)12-15-2-6-17(7-3-15)24-11-1-10-22;/h1-9,22-23H,10-14H2;/q-1;. The van der Waals surface area contributed by atoms with Crippen LogP contribution in [0, 0.1) is 6.42 Å². The van der Waals surface area contributed by atoms with Gasteiger partial charge in [0, 0.05) is 21.1 Å². The predicted molar refractivity (Wildman–Crippen MR) is 90.1 cm³/mol. The largest absolute Gasteiger partial charge is 0.525 e. The number of alkyl halides is 2. The number of hydrogen-bond donors (Lipinski definition) is 2. The van der Waals surface area contributed by atoms with E-state index in [9.17, 15) is 8.78 Å². The van der Waals surface area contributed by atoms with E-state index in [1.165, 1.54) is 0 Å². The number of benzene rings is 2. The van der Waals surface area contributed by atoms with Gasteiger partial charge in [0.15, 0.2) is 6.61 Å². The molecule has 142 valence electrons. The third kappa shape index (κ3) is 7.81. The molecular weight excluding hydrogens is 514 g/mol. The first-order chi connectivity index (χ1) is 12.0. The molecule has 2 aromatic rings. The van der Waals surface area contributed by atoms with Crippen molar-refractivity contribution in [3.8, 4) is 11.5 Å². The summed E-state index contributed by atoms with van der Waals surface area (Å²) in [7, 11) is 0. The Labute approximate surface area is 166 Å². The van der Waals surface area contributed by atoms with E-state index in [0.29, 0.717) is 18.8 Å². The summed E-state index contributed by atoms with van der Waals surface area (Å²) in [6.45, 7) is -1.75. The van der Waals surface area contributed by atoms with Gasteiger partial charge in [-0.05, 0) is 48.4 Å². The fraction of sp³-hybridized carbons (Fsp3) is 0.316. The molecule has 0 aliphatic rings. The van der Waals surface area contributed by atoms with Crippen LogP contribution in [0.2, 0.25) is 0 Å². The monoisotopic (exact) mass is 535 g/mol. The van der Waals surface area contributed by atoms with Crippen LogP contribution in [0.15, 0.2) is 48.5 Å². The molecule has 0 radical (unpaired) electrons. The summed E-state index contributed by atoms with van der Waals surface area (Å²) < 4.78 is 36.3.